The predicted octanol–water partition coefficient (Wildman–Crippen LogP) is 4.01. The number of amides is 1. The highest BCUT2D eigenvalue weighted by atomic mass is 35.5. The summed E-state index contributed by atoms with van der Waals surface area (Å²) in [7, 11) is 0. The molecule has 5 nitrogen and oxygen atoms in total. The molecule has 0 saturated carbocycles. The maximum Gasteiger partial charge on any atom is 0.237 e. The fourth-order valence-corrected chi connectivity index (χ4v) is 2.94. The first-order valence-electron chi connectivity index (χ1n) is 6.87. The van der Waals surface area contributed by atoms with Crippen molar-refractivity contribution in [3.63, 3.8) is 0 Å². The van der Waals surface area contributed by atoms with Crippen molar-refractivity contribution in [1.29, 1.82) is 0 Å². The number of benzene rings is 1. The Balaban J connectivity index is 1.73. The lowest BCUT2D eigenvalue weighted by Crippen LogP contribution is -2.23. The summed E-state index contributed by atoms with van der Waals surface area (Å²) in [6.45, 7) is 1.60. The number of rotatable bonds is 4. The minimum atomic E-state index is -0.830. The number of anilines is 1. The molecule has 0 saturated heterocycles. The van der Waals surface area contributed by atoms with E-state index < -0.39 is 28.5 Å². The molecule has 1 amide bonds. The van der Waals surface area contributed by atoms with Gasteiger partial charge in [0.2, 0.25) is 5.91 Å². The summed E-state index contributed by atoms with van der Waals surface area (Å²) in [6, 6.07) is 5.04. The molecule has 0 fully saturated rings. The van der Waals surface area contributed by atoms with Gasteiger partial charge in [0.05, 0.1) is 15.8 Å². The smallest absolute Gasteiger partial charge is 0.237 e. The molecule has 3 aromatic rings. The molecule has 0 bridgehead atoms. The summed E-state index contributed by atoms with van der Waals surface area (Å²) in [5.41, 5.74) is 0.639. The van der Waals surface area contributed by atoms with Gasteiger partial charge in [-0.15, -0.1) is 0 Å². The molecule has 2 heterocycles. The third-order valence-corrected chi connectivity index (χ3v) is 4.34. The Morgan fingerprint density at radius 1 is 1.38 bits per heavy atom. The van der Waals surface area contributed by atoms with Gasteiger partial charge in [0.1, 0.15) is 17.3 Å². The van der Waals surface area contributed by atoms with Crippen LogP contribution < -0.4 is 5.32 Å². The Morgan fingerprint density at radius 2 is 2.08 bits per heavy atom. The standard InChI is InChI=1S/C15H11ClF2N4OS/c1-7(14(23)21-12-9(17)3-2-4-10(12)18)24-15-20-11-5-8(16)6-19-13(11)22-15/h2-7H,1H3,(H,21,23)(H,19,20,22)/t7-/m1/s1. The molecule has 0 aliphatic heterocycles. The van der Waals surface area contributed by atoms with Crippen molar-refractivity contribution in [2.24, 2.45) is 0 Å². The molecule has 3 rings (SSSR count). The molecule has 0 spiro atoms. The maximum absolute atomic E-state index is 13.6. The molecule has 0 aliphatic carbocycles. The molecule has 24 heavy (non-hydrogen) atoms. The third-order valence-electron chi connectivity index (χ3n) is 3.15. The number of hydrogen-bond donors (Lipinski definition) is 2. The molecule has 0 radical (unpaired) electrons. The fraction of sp³-hybridized carbons (Fsp3) is 0.133. The van der Waals surface area contributed by atoms with Crippen LogP contribution in [0.2, 0.25) is 5.02 Å². The highest BCUT2D eigenvalue weighted by Gasteiger charge is 2.20. The van der Waals surface area contributed by atoms with E-state index >= 15 is 0 Å². The van der Waals surface area contributed by atoms with Crippen molar-refractivity contribution >= 4 is 46.1 Å². The molecule has 9 heteroatoms. The lowest BCUT2D eigenvalue weighted by Gasteiger charge is -2.11. The number of fused-ring (bicyclic) bond motifs is 1. The number of carbonyl (C=O) groups excluding carboxylic acids is 1. The summed E-state index contributed by atoms with van der Waals surface area (Å²) in [6.07, 6.45) is 1.47. The van der Waals surface area contributed by atoms with Gasteiger partial charge in [0, 0.05) is 6.20 Å². The van der Waals surface area contributed by atoms with Crippen LogP contribution in [0.4, 0.5) is 14.5 Å². The SMILES string of the molecule is C[C@@H](Sc1nc2ncc(Cl)cc2[nH]1)C(=O)Nc1c(F)cccc1F. The lowest BCUT2D eigenvalue weighted by atomic mass is 10.3. The van der Waals surface area contributed by atoms with Crippen LogP contribution in [0.15, 0.2) is 35.6 Å². The van der Waals surface area contributed by atoms with Crippen molar-refractivity contribution in [3.8, 4) is 0 Å². The molecule has 0 unspecified atom stereocenters. The van der Waals surface area contributed by atoms with Gasteiger partial charge in [0.15, 0.2) is 10.8 Å². The van der Waals surface area contributed by atoms with Crippen molar-refractivity contribution in [3.05, 3.63) is 47.1 Å². The van der Waals surface area contributed by atoms with E-state index in [1.54, 1.807) is 13.0 Å². The molecule has 1 atom stereocenters. The number of carbonyl (C=O) groups is 1. The second kappa shape index (κ2) is 6.74. The Bertz CT molecular complexity index is 897. The predicted molar refractivity (Wildman–Crippen MR) is 89.2 cm³/mol. The summed E-state index contributed by atoms with van der Waals surface area (Å²) in [4.78, 5) is 23.4. The zero-order chi connectivity index (χ0) is 17.3. The summed E-state index contributed by atoms with van der Waals surface area (Å²) < 4.78 is 27.2. The number of halogens is 3. The largest absolute Gasteiger partial charge is 0.331 e. The minimum Gasteiger partial charge on any atom is -0.331 e. The van der Waals surface area contributed by atoms with Crippen LogP contribution >= 0.6 is 23.4 Å². The second-order valence-corrected chi connectivity index (χ2v) is 6.68. The van der Waals surface area contributed by atoms with E-state index in [1.165, 1.54) is 12.3 Å². The van der Waals surface area contributed by atoms with Crippen LogP contribution in [0, 0.1) is 11.6 Å². The van der Waals surface area contributed by atoms with Gasteiger partial charge in [-0.3, -0.25) is 4.79 Å². The number of thioether (sulfide) groups is 1. The van der Waals surface area contributed by atoms with Gasteiger partial charge >= 0.3 is 0 Å². The summed E-state index contributed by atoms with van der Waals surface area (Å²) in [5, 5.41) is 2.53. The van der Waals surface area contributed by atoms with Crippen LogP contribution in [-0.4, -0.2) is 26.1 Å². The molecule has 0 aliphatic rings. The van der Waals surface area contributed by atoms with Gasteiger partial charge in [-0.2, -0.15) is 0 Å². The van der Waals surface area contributed by atoms with Crippen LogP contribution in [-0.2, 0) is 4.79 Å². The van der Waals surface area contributed by atoms with E-state index in [1.807, 2.05) is 0 Å². The number of para-hydroxylation sites is 1. The van der Waals surface area contributed by atoms with Gasteiger partial charge in [-0.25, -0.2) is 18.7 Å². The fourth-order valence-electron chi connectivity index (χ4n) is 1.97. The van der Waals surface area contributed by atoms with Gasteiger partial charge in [-0.1, -0.05) is 29.4 Å². The number of hydrogen-bond acceptors (Lipinski definition) is 4. The van der Waals surface area contributed by atoms with Crippen LogP contribution in [0.3, 0.4) is 0 Å². The monoisotopic (exact) mass is 368 g/mol. The highest BCUT2D eigenvalue weighted by Crippen LogP contribution is 2.25. The normalized spacial score (nSPS) is 12.3. The first-order chi connectivity index (χ1) is 11.4. The van der Waals surface area contributed by atoms with Crippen LogP contribution in [0.5, 0.6) is 0 Å². The average molecular weight is 369 g/mol. The average Bonchev–Trinajstić information content (AvgIpc) is 2.92. The molecule has 124 valence electrons. The zero-order valence-electron chi connectivity index (χ0n) is 12.3. The third kappa shape index (κ3) is 3.49. The number of nitrogens with one attached hydrogen (secondary N) is 2. The van der Waals surface area contributed by atoms with E-state index in [9.17, 15) is 13.6 Å². The molecular weight excluding hydrogens is 358 g/mol. The number of aromatic nitrogens is 3. The van der Waals surface area contributed by atoms with Crippen molar-refractivity contribution in [1.82, 2.24) is 15.0 Å². The van der Waals surface area contributed by atoms with Crippen LogP contribution in [0.25, 0.3) is 11.2 Å². The van der Waals surface area contributed by atoms with Crippen molar-refractivity contribution < 1.29 is 13.6 Å². The first-order valence-corrected chi connectivity index (χ1v) is 8.12. The zero-order valence-corrected chi connectivity index (χ0v) is 13.9. The van der Waals surface area contributed by atoms with E-state index in [4.69, 9.17) is 11.6 Å². The number of nitrogens with zero attached hydrogens (tertiary/aromatic N) is 2. The highest BCUT2D eigenvalue weighted by molar-refractivity contribution is 8.00. The lowest BCUT2D eigenvalue weighted by molar-refractivity contribution is -0.115. The number of imidazole rings is 1. The molecule has 2 N–H and O–H groups in total. The molecule has 2 aromatic heterocycles. The Hall–Kier alpha value is -2.19. The molecule has 1 aromatic carbocycles. The Labute approximate surface area is 144 Å². The van der Waals surface area contributed by atoms with E-state index in [0.29, 0.717) is 21.3 Å². The van der Waals surface area contributed by atoms with Crippen molar-refractivity contribution in [2.45, 2.75) is 17.3 Å². The quantitative estimate of drug-likeness (QED) is 0.683. The van der Waals surface area contributed by atoms with E-state index in [0.717, 1.165) is 23.9 Å². The number of pyridine rings is 1. The maximum atomic E-state index is 13.6. The van der Waals surface area contributed by atoms with Gasteiger partial charge in [0.25, 0.3) is 0 Å². The van der Waals surface area contributed by atoms with Crippen LogP contribution in [0.1, 0.15) is 6.92 Å². The van der Waals surface area contributed by atoms with Crippen molar-refractivity contribution in [2.75, 3.05) is 5.32 Å². The van der Waals surface area contributed by atoms with E-state index in [2.05, 4.69) is 20.3 Å². The number of aromatic amines is 1. The first kappa shape index (κ1) is 16.7. The number of H-pyrrole nitrogens is 1. The summed E-state index contributed by atoms with van der Waals surface area (Å²) in [5.74, 6) is -2.21. The topological polar surface area (TPSA) is 70.7 Å². The second-order valence-electron chi connectivity index (χ2n) is 4.91. The Kier molecular flexibility index (Phi) is 4.68. The van der Waals surface area contributed by atoms with Gasteiger partial charge < -0.3 is 10.3 Å². The van der Waals surface area contributed by atoms with E-state index in [-0.39, 0.29) is 0 Å². The molecular formula is C15H11ClF2N4OS. The van der Waals surface area contributed by atoms with Gasteiger partial charge in [-0.05, 0) is 25.1 Å². The summed E-state index contributed by atoms with van der Waals surface area (Å²) >= 11 is 6.96. The Morgan fingerprint density at radius 3 is 2.79 bits per heavy atom. The minimum absolute atomic E-state index is 0.455.